The fourth-order valence-electron chi connectivity index (χ4n) is 4.93. The molecule has 6 heteroatoms. The summed E-state index contributed by atoms with van der Waals surface area (Å²) >= 11 is 0. The summed E-state index contributed by atoms with van der Waals surface area (Å²) in [5, 5.41) is 10.9. The van der Waals surface area contributed by atoms with E-state index in [1.54, 1.807) is 14.0 Å². The van der Waals surface area contributed by atoms with Crippen LogP contribution in [0, 0.1) is 23.7 Å². The van der Waals surface area contributed by atoms with Gasteiger partial charge in [0, 0.05) is 38.7 Å². The fourth-order valence-corrected chi connectivity index (χ4v) is 4.93. The number of hydrogen-bond acceptors (Lipinski definition) is 6. The van der Waals surface area contributed by atoms with Crippen LogP contribution in [-0.4, -0.2) is 48.6 Å². The molecule has 0 radical (unpaired) electrons. The van der Waals surface area contributed by atoms with Crippen LogP contribution in [0.2, 0.25) is 0 Å². The highest BCUT2D eigenvalue weighted by Crippen LogP contribution is 2.54. The maximum absolute atomic E-state index is 12.1. The third-order valence-electron chi connectivity index (χ3n) is 5.94. The largest absolute Gasteiger partial charge is 0.462 e. The monoisotopic (exact) mass is 338 g/mol. The first-order chi connectivity index (χ1) is 11.2. The summed E-state index contributed by atoms with van der Waals surface area (Å²) in [6.07, 6.45) is 0.974. The summed E-state index contributed by atoms with van der Waals surface area (Å²) in [4.78, 5) is 23.6. The number of fused-ring (bicyclic) bond motifs is 2. The number of hydrogen-bond donors (Lipinski definition) is 1. The number of carbonyl (C=O) groups is 2. The molecule has 1 saturated heterocycles. The molecule has 134 valence electrons. The highest BCUT2D eigenvalue weighted by Gasteiger charge is 2.58. The Balaban J connectivity index is 1.90. The van der Waals surface area contributed by atoms with Crippen molar-refractivity contribution < 1.29 is 28.9 Å². The first-order valence-electron chi connectivity index (χ1n) is 8.51. The Morgan fingerprint density at radius 3 is 2.83 bits per heavy atom. The van der Waals surface area contributed by atoms with Crippen LogP contribution in [0.25, 0.3) is 0 Å². The normalized spacial score (nSPS) is 44.5. The number of carbonyl (C=O) groups excluding carboxylic acids is 2. The fraction of sp³-hybridized carbons (Fsp3) is 0.778. The summed E-state index contributed by atoms with van der Waals surface area (Å²) in [6, 6.07) is 0. The second kappa shape index (κ2) is 6.15. The lowest BCUT2D eigenvalue weighted by atomic mass is 9.77. The van der Waals surface area contributed by atoms with Gasteiger partial charge in [0.1, 0.15) is 12.2 Å². The van der Waals surface area contributed by atoms with E-state index in [1.807, 2.05) is 0 Å². The summed E-state index contributed by atoms with van der Waals surface area (Å²) in [5.41, 5.74) is -0.0753. The van der Waals surface area contributed by atoms with Crippen molar-refractivity contribution in [3.05, 3.63) is 12.2 Å². The van der Waals surface area contributed by atoms with Crippen LogP contribution in [0.3, 0.4) is 0 Å². The minimum atomic E-state index is -0.966. The number of rotatable bonds is 3. The van der Waals surface area contributed by atoms with Gasteiger partial charge in [-0.3, -0.25) is 9.59 Å². The van der Waals surface area contributed by atoms with Gasteiger partial charge >= 0.3 is 11.9 Å². The zero-order valence-corrected chi connectivity index (χ0v) is 14.5. The first kappa shape index (κ1) is 17.4. The van der Waals surface area contributed by atoms with E-state index >= 15 is 0 Å². The number of methoxy groups -OCH3 is 1. The van der Waals surface area contributed by atoms with Crippen LogP contribution in [0.4, 0.5) is 0 Å². The van der Waals surface area contributed by atoms with Crippen LogP contribution in [0.15, 0.2) is 12.2 Å². The van der Waals surface area contributed by atoms with Gasteiger partial charge in [-0.15, -0.1) is 0 Å². The lowest BCUT2D eigenvalue weighted by Gasteiger charge is -2.30. The smallest absolute Gasteiger partial charge is 0.312 e. The molecule has 0 aromatic heterocycles. The van der Waals surface area contributed by atoms with Crippen LogP contribution in [0.5, 0.6) is 0 Å². The Morgan fingerprint density at radius 2 is 2.21 bits per heavy atom. The van der Waals surface area contributed by atoms with E-state index < -0.39 is 5.60 Å². The average molecular weight is 338 g/mol. The van der Waals surface area contributed by atoms with E-state index in [4.69, 9.17) is 14.2 Å². The van der Waals surface area contributed by atoms with Crippen molar-refractivity contribution in [3.63, 3.8) is 0 Å². The second-order valence-corrected chi connectivity index (χ2v) is 7.64. The van der Waals surface area contributed by atoms with Gasteiger partial charge in [-0.2, -0.15) is 0 Å². The molecule has 0 bridgehead atoms. The van der Waals surface area contributed by atoms with Crippen molar-refractivity contribution in [1.82, 2.24) is 0 Å². The number of aliphatic hydroxyl groups is 1. The molecule has 0 unspecified atom stereocenters. The van der Waals surface area contributed by atoms with Crippen LogP contribution < -0.4 is 0 Å². The SMILES string of the molecule is C=C1C[C@H]2OC(=O)[C@H](COC)[C@H]2C[C@@H]2[C@@H]1[C@@H](OC(C)=O)C[C@@]2(C)O. The Labute approximate surface area is 142 Å². The van der Waals surface area contributed by atoms with Gasteiger partial charge in [-0.1, -0.05) is 12.2 Å². The first-order valence-corrected chi connectivity index (χ1v) is 8.51. The van der Waals surface area contributed by atoms with Gasteiger partial charge in [0.2, 0.25) is 0 Å². The van der Waals surface area contributed by atoms with E-state index in [0.29, 0.717) is 25.9 Å². The Kier molecular flexibility index (Phi) is 4.47. The van der Waals surface area contributed by atoms with Crippen molar-refractivity contribution >= 4 is 11.9 Å². The summed E-state index contributed by atoms with van der Waals surface area (Å²) in [5.74, 6) is -1.11. The Bertz CT molecular complexity index is 554. The molecule has 1 heterocycles. The molecule has 0 aromatic rings. The predicted octanol–water partition coefficient (Wildman–Crippen LogP) is 1.46. The molecule has 1 N–H and O–H groups in total. The second-order valence-electron chi connectivity index (χ2n) is 7.64. The molecule has 3 fully saturated rings. The average Bonchev–Trinajstić information content (AvgIpc) is 2.80. The molecule has 2 aliphatic carbocycles. The lowest BCUT2D eigenvalue weighted by molar-refractivity contribution is -0.148. The molecule has 24 heavy (non-hydrogen) atoms. The van der Waals surface area contributed by atoms with Crippen molar-refractivity contribution in [2.24, 2.45) is 23.7 Å². The van der Waals surface area contributed by atoms with Crippen LogP contribution >= 0.6 is 0 Å². The van der Waals surface area contributed by atoms with Crippen molar-refractivity contribution in [2.75, 3.05) is 13.7 Å². The van der Waals surface area contributed by atoms with Gasteiger partial charge < -0.3 is 19.3 Å². The molecule has 7 atom stereocenters. The topological polar surface area (TPSA) is 82.1 Å². The summed E-state index contributed by atoms with van der Waals surface area (Å²) in [7, 11) is 1.57. The van der Waals surface area contributed by atoms with Gasteiger partial charge in [0.25, 0.3) is 0 Å². The highest BCUT2D eigenvalue weighted by atomic mass is 16.6. The molecule has 2 saturated carbocycles. The molecule has 6 nitrogen and oxygen atoms in total. The minimum absolute atomic E-state index is 0.00764. The molecular weight excluding hydrogens is 312 g/mol. The molecule has 0 spiro atoms. The van der Waals surface area contributed by atoms with Crippen molar-refractivity contribution in [2.45, 2.75) is 50.9 Å². The van der Waals surface area contributed by atoms with Crippen molar-refractivity contribution in [3.8, 4) is 0 Å². The van der Waals surface area contributed by atoms with E-state index in [0.717, 1.165) is 5.57 Å². The maximum Gasteiger partial charge on any atom is 0.312 e. The molecule has 3 rings (SSSR count). The third-order valence-corrected chi connectivity index (χ3v) is 5.94. The van der Waals surface area contributed by atoms with Crippen LogP contribution in [-0.2, 0) is 23.8 Å². The van der Waals surface area contributed by atoms with E-state index in [1.165, 1.54) is 6.92 Å². The quantitative estimate of drug-likeness (QED) is 0.620. The molecule has 0 aromatic carbocycles. The third kappa shape index (κ3) is 2.86. The number of ether oxygens (including phenoxy) is 3. The molecule has 3 aliphatic rings. The van der Waals surface area contributed by atoms with Gasteiger partial charge in [-0.25, -0.2) is 0 Å². The summed E-state index contributed by atoms with van der Waals surface area (Å²) < 4.78 is 16.2. The van der Waals surface area contributed by atoms with E-state index in [2.05, 4.69) is 6.58 Å². The zero-order valence-electron chi connectivity index (χ0n) is 14.5. The summed E-state index contributed by atoms with van der Waals surface area (Å²) in [6.45, 7) is 7.65. The minimum Gasteiger partial charge on any atom is -0.462 e. The van der Waals surface area contributed by atoms with Crippen molar-refractivity contribution in [1.29, 1.82) is 0 Å². The molecule has 1 aliphatic heterocycles. The molecule has 0 amide bonds. The van der Waals surface area contributed by atoms with Gasteiger partial charge in [-0.05, 0) is 19.3 Å². The van der Waals surface area contributed by atoms with E-state index in [-0.39, 0.29) is 47.8 Å². The number of esters is 2. The van der Waals surface area contributed by atoms with Gasteiger partial charge in [0.15, 0.2) is 0 Å². The highest BCUT2D eigenvalue weighted by molar-refractivity contribution is 5.75. The molecular formula is C18H26O6. The lowest BCUT2D eigenvalue weighted by Crippen LogP contribution is -2.35. The Morgan fingerprint density at radius 1 is 1.50 bits per heavy atom. The van der Waals surface area contributed by atoms with Gasteiger partial charge in [0.05, 0.1) is 18.1 Å². The Hall–Kier alpha value is -1.40. The van der Waals surface area contributed by atoms with E-state index in [9.17, 15) is 14.7 Å². The maximum atomic E-state index is 12.1. The van der Waals surface area contributed by atoms with Crippen LogP contribution in [0.1, 0.15) is 33.1 Å². The zero-order chi connectivity index (χ0) is 17.6. The predicted molar refractivity (Wildman–Crippen MR) is 84.9 cm³/mol. The standard InChI is InChI=1S/C18H26O6/c1-9-5-14-11(12(8-22-4)17(20)24-14)6-13-16(9)15(23-10(2)19)7-18(13,3)21/h11-16,21H,1,5-8H2,2-4H3/t11-,12-,13-,14-,15+,16-,18-/m1/s1.